The van der Waals surface area contributed by atoms with Gasteiger partial charge in [0.15, 0.2) is 5.58 Å². The highest BCUT2D eigenvalue weighted by Gasteiger charge is 2.16. The van der Waals surface area contributed by atoms with Crippen LogP contribution in [0.25, 0.3) is 11.1 Å². The van der Waals surface area contributed by atoms with Crippen molar-refractivity contribution >= 4 is 40.0 Å². The van der Waals surface area contributed by atoms with E-state index in [1.54, 1.807) is 24.3 Å². The summed E-state index contributed by atoms with van der Waals surface area (Å²) < 4.78 is 6.06. The number of aromatic nitrogens is 1. The van der Waals surface area contributed by atoms with Crippen molar-refractivity contribution in [2.75, 3.05) is 10.6 Å². The van der Waals surface area contributed by atoms with Gasteiger partial charge in [0.2, 0.25) is 11.8 Å². The summed E-state index contributed by atoms with van der Waals surface area (Å²) in [5, 5.41) is 16.0. The Labute approximate surface area is 151 Å². The summed E-state index contributed by atoms with van der Waals surface area (Å²) >= 11 is 0. The molecule has 2 N–H and O–H groups in total. The van der Waals surface area contributed by atoms with Crippen LogP contribution in [-0.2, 0) is 16.1 Å². The number of hydrogen-bond acceptors (Lipinski definition) is 6. The van der Waals surface area contributed by atoms with Crippen LogP contribution in [0.3, 0.4) is 0 Å². The predicted octanol–water partition coefficient (Wildman–Crippen LogP) is 2.10. The van der Waals surface area contributed by atoms with E-state index in [0.29, 0.717) is 11.4 Å². The molecule has 3 aromatic rings. The van der Waals surface area contributed by atoms with Crippen molar-refractivity contribution in [3.63, 3.8) is 0 Å². The topological polar surface area (TPSA) is 136 Å². The molecule has 138 valence electrons. The minimum atomic E-state index is -0.790. The molecule has 3 rings (SSSR count). The van der Waals surface area contributed by atoms with Crippen LogP contribution in [0.15, 0.2) is 51.7 Å². The molecule has 0 aliphatic rings. The number of non-ortho nitro benzene ring substituents is 1. The van der Waals surface area contributed by atoms with E-state index in [0.717, 1.165) is 10.6 Å². The van der Waals surface area contributed by atoms with Crippen LogP contribution in [0.1, 0.15) is 6.92 Å². The Morgan fingerprint density at radius 2 is 1.74 bits per heavy atom. The Kier molecular flexibility index (Phi) is 4.71. The molecule has 0 atom stereocenters. The lowest BCUT2D eigenvalue weighted by atomic mass is 10.2. The zero-order valence-corrected chi connectivity index (χ0v) is 14.1. The van der Waals surface area contributed by atoms with E-state index in [-0.39, 0.29) is 29.2 Å². The number of hydrogen-bond donors (Lipinski definition) is 2. The average molecular weight is 370 g/mol. The molecule has 0 aliphatic heterocycles. The van der Waals surface area contributed by atoms with Gasteiger partial charge in [-0.05, 0) is 30.3 Å². The maximum atomic E-state index is 12.2. The molecule has 10 heteroatoms. The third-order valence-corrected chi connectivity index (χ3v) is 3.65. The van der Waals surface area contributed by atoms with Crippen LogP contribution in [0.2, 0.25) is 0 Å². The molecular weight excluding hydrogens is 356 g/mol. The molecule has 0 bridgehead atoms. The standard InChI is InChI=1S/C17H14N4O6/c1-10(22)18-11-2-4-12(5-3-11)19-16(23)9-20-14-7-6-13(21(25)26)8-15(14)27-17(20)24/h2-8H,9H2,1H3,(H,18,22)(H,19,23). The van der Waals surface area contributed by atoms with Crippen LogP contribution < -0.4 is 16.4 Å². The number of nitrogens with one attached hydrogen (secondary N) is 2. The van der Waals surface area contributed by atoms with Crippen LogP contribution >= 0.6 is 0 Å². The summed E-state index contributed by atoms with van der Waals surface area (Å²) in [4.78, 5) is 45.4. The second-order valence-corrected chi connectivity index (χ2v) is 5.67. The van der Waals surface area contributed by atoms with Crippen molar-refractivity contribution in [2.24, 2.45) is 0 Å². The summed E-state index contributed by atoms with van der Waals surface area (Å²) in [6.07, 6.45) is 0. The fraction of sp³-hybridized carbons (Fsp3) is 0.118. The molecule has 0 radical (unpaired) electrons. The van der Waals surface area contributed by atoms with E-state index in [1.165, 1.54) is 19.1 Å². The molecule has 0 saturated heterocycles. The van der Waals surface area contributed by atoms with Gasteiger partial charge in [0.25, 0.3) is 5.69 Å². The second kappa shape index (κ2) is 7.12. The van der Waals surface area contributed by atoms with E-state index in [4.69, 9.17) is 4.42 Å². The Morgan fingerprint density at radius 1 is 1.11 bits per heavy atom. The van der Waals surface area contributed by atoms with Gasteiger partial charge in [-0.25, -0.2) is 4.79 Å². The van der Waals surface area contributed by atoms with Gasteiger partial charge < -0.3 is 15.1 Å². The van der Waals surface area contributed by atoms with E-state index in [9.17, 15) is 24.5 Å². The molecule has 0 aliphatic carbocycles. The zero-order valence-electron chi connectivity index (χ0n) is 14.1. The molecule has 27 heavy (non-hydrogen) atoms. The number of rotatable bonds is 5. The van der Waals surface area contributed by atoms with Gasteiger partial charge in [-0.15, -0.1) is 0 Å². The van der Waals surface area contributed by atoms with E-state index < -0.39 is 16.6 Å². The molecule has 0 spiro atoms. The minimum Gasteiger partial charge on any atom is -0.407 e. The molecule has 2 amide bonds. The maximum absolute atomic E-state index is 12.2. The molecular formula is C17H14N4O6. The van der Waals surface area contributed by atoms with Crippen molar-refractivity contribution in [3.8, 4) is 0 Å². The minimum absolute atomic E-state index is 0.0293. The number of amides is 2. The monoisotopic (exact) mass is 370 g/mol. The lowest BCUT2D eigenvalue weighted by molar-refractivity contribution is -0.384. The van der Waals surface area contributed by atoms with Gasteiger partial charge >= 0.3 is 5.76 Å². The smallest absolute Gasteiger partial charge is 0.407 e. The Hall–Kier alpha value is -3.95. The number of fused-ring (bicyclic) bond motifs is 1. The number of carbonyl (C=O) groups excluding carboxylic acids is 2. The van der Waals surface area contributed by atoms with Gasteiger partial charge in [-0.3, -0.25) is 24.3 Å². The van der Waals surface area contributed by atoms with Gasteiger partial charge in [0, 0.05) is 24.4 Å². The van der Waals surface area contributed by atoms with Crippen molar-refractivity contribution in [1.29, 1.82) is 0 Å². The van der Waals surface area contributed by atoms with Crippen molar-refractivity contribution < 1.29 is 18.9 Å². The lowest BCUT2D eigenvalue weighted by Crippen LogP contribution is -2.24. The molecule has 1 heterocycles. The van der Waals surface area contributed by atoms with Gasteiger partial charge in [-0.1, -0.05) is 0 Å². The predicted molar refractivity (Wildman–Crippen MR) is 96.5 cm³/mol. The summed E-state index contributed by atoms with van der Waals surface area (Å²) in [5.41, 5.74) is 1.15. The van der Waals surface area contributed by atoms with Crippen LogP contribution in [0, 0.1) is 10.1 Å². The summed E-state index contributed by atoms with van der Waals surface area (Å²) in [6, 6.07) is 10.2. The van der Waals surface area contributed by atoms with Gasteiger partial charge in [0.05, 0.1) is 16.5 Å². The quantitative estimate of drug-likeness (QED) is 0.521. The first-order chi connectivity index (χ1) is 12.8. The number of carbonyl (C=O) groups is 2. The fourth-order valence-electron chi connectivity index (χ4n) is 2.50. The third kappa shape index (κ3) is 4.00. The van der Waals surface area contributed by atoms with Crippen molar-refractivity contribution in [3.05, 3.63) is 63.1 Å². The molecule has 10 nitrogen and oxygen atoms in total. The van der Waals surface area contributed by atoms with E-state index in [1.807, 2.05) is 0 Å². The van der Waals surface area contributed by atoms with Crippen LogP contribution in [0.4, 0.5) is 17.1 Å². The molecule has 0 unspecified atom stereocenters. The first kappa shape index (κ1) is 17.9. The Morgan fingerprint density at radius 3 is 2.33 bits per heavy atom. The number of nitro groups is 1. The summed E-state index contributed by atoms with van der Waals surface area (Å²) in [7, 11) is 0. The Bertz CT molecular complexity index is 1100. The second-order valence-electron chi connectivity index (χ2n) is 5.67. The zero-order chi connectivity index (χ0) is 19.6. The number of anilines is 2. The first-order valence-corrected chi connectivity index (χ1v) is 7.79. The number of benzene rings is 2. The highest BCUT2D eigenvalue weighted by molar-refractivity contribution is 5.92. The number of oxazole rings is 1. The molecule has 0 saturated carbocycles. The summed E-state index contributed by atoms with van der Waals surface area (Å²) in [5.74, 6) is -1.48. The maximum Gasteiger partial charge on any atom is 0.420 e. The van der Waals surface area contributed by atoms with Gasteiger partial charge in [0.1, 0.15) is 6.54 Å². The largest absolute Gasteiger partial charge is 0.420 e. The van der Waals surface area contributed by atoms with Gasteiger partial charge in [-0.2, -0.15) is 0 Å². The van der Waals surface area contributed by atoms with E-state index in [2.05, 4.69) is 10.6 Å². The van der Waals surface area contributed by atoms with Crippen LogP contribution in [0.5, 0.6) is 0 Å². The SMILES string of the molecule is CC(=O)Nc1ccc(NC(=O)Cn2c(=O)oc3cc([N+](=O)[O-])ccc32)cc1. The normalized spacial score (nSPS) is 10.6. The third-order valence-electron chi connectivity index (χ3n) is 3.65. The number of nitrogens with zero attached hydrogens (tertiary/aromatic N) is 2. The molecule has 1 aromatic heterocycles. The molecule has 2 aromatic carbocycles. The van der Waals surface area contributed by atoms with Crippen molar-refractivity contribution in [2.45, 2.75) is 13.5 Å². The highest BCUT2D eigenvalue weighted by Crippen LogP contribution is 2.20. The van der Waals surface area contributed by atoms with E-state index >= 15 is 0 Å². The highest BCUT2D eigenvalue weighted by atomic mass is 16.6. The Balaban J connectivity index is 1.76. The first-order valence-electron chi connectivity index (χ1n) is 7.79. The average Bonchev–Trinajstić information content (AvgIpc) is 2.91. The van der Waals surface area contributed by atoms with Crippen LogP contribution in [-0.4, -0.2) is 21.3 Å². The molecule has 0 fully saturated rings. The number of nitro benzene ring substituents is 1. The lowest BCUT2D eigenvalue weighted by Gasteiger charge is -2.07. The fourth-order valence-corrected chi connectivity index (χ4v) is 2.50. The van der Waals surface area contributed by atoms with Crippen molar-refractivity contribution in [1.82, 2.24) is 4.57 Å². The summed E-state index contributed by atoms with van der Waals surface area (Å²) in [6.45, 7) is 1.06.